The van der Waals surface area contributed by atoms with Crippen molar-refractivity contribution in [3.63, 3.8) is 0 Å². The van der Waals surface area contributed by atoms with Crippen LogP contribution in [0.2, 0.25) is 0 Å². The van der Waals surface area contributed by atoms with E-state index in [2.05, 4.69) is 41.8 Å². The Bertz CT molecular complexity index is 1110. The van der Waals surface area contributed by atoms with Crippen molar-refractivity contribution < 1.29 is 9.53 Å². The Labute approximate surface area is 178 Å². The lowest BCUT2D eigenvalue weighted by Crippen LogP contribution is -2.39. The zero-order chi connectivity index (χ0) is 20.8. The molecule has 3 aromatic rings. The number of amides is 1. The van der Waals surface area contributed by atoms with Gasteiger partial charge in [0.2, 0.25) is 0 Å². The Morgan fingerprint density at radius 1 is 1.07 bits per heavy atom. The highest BCUT2D eigenvalue weighted by molar-refractivity contribution is 5.95. The van der Waals surface area contributed by atoms with Gasteiger partial charge in [0.05, 0.1) is 12.2 Å². The Balaban J connectivity index is 1.81. The number of aryl methyl sites for hydroxylation is 1. The molecular formula is C26H30N2O2. The van der Waals surface area contributed by atoms with Crippen LogP contribution in [0.5, 0.6) is 5.75 Å². The van der Waals surface area contributed by atoms with Crippen LogP contribution in [-0.4, -0.2) is 35.6 Å². The van der Waals surface area contributed by atoms with Crippen LogP contribution >= 0.6 is 0 Å². The second kappa shape index (κ2) is 7.50. The lowest BCUT2D eigenvalue weighted by atomic mass is 9.81. The van der Waals surface area contributed by atoms with E-state index in [1.165, 1.54) is 59.8 Å². The molecule has 1 aliphatic carbocycles. The standard InChI is InChI=1S/C26H30N2O2/c1-17-13-14-19-21(15-17)28-16-23(26(29)27(2)3)30-22-12-8-7-11-20(22)25(28)24(19)18-9-5-4-6-10-18/h7-8,11-15,18,23H,4-6,9-10,16H2,1-3H3. The van der Waals surface area contributed by atoms with Crippen LogP contribution in [0.25, 0.3) is 22.2 Å². The Morgan fingerprint density at radius 3 is 2.60 bits per heavy atom. The fourth-order valence-corrected chi connectivity index (χ4v) is 5.31. The molecule has 1 unspecified atom stereocenters. The molecule has 4 nitrogen and oxygen atoms in total. The second-order valence-corrected chi connectivity index (χ2v) is 9.06. The molecule has 1 amide bonds. The highest BCUT2D eigenvalue weighted by atomic mass is 16.5. The number of ether oxygens (including phenoxy) is 1. The maximum atomic E-state index is 13.0. The van der Waals surface area contributed by atoms with Gasteiger partial charge in [-0.1, -0.05) is 43.5 Å². The van der Waals surface area contributed by atoms with Crippen molar-refractivity contribution in [3.05, 3.63) is 53.6 Å². The Kier molecular flexibility index (Phi) is 4.80. The molecule has 4 heteroatoms. The summed E-state index contributed by atoms with van der Waals surface area (Å²) in [7, 11) is 3.60. The SMILES string of the molecule is Cc1ccc2c(C3CCCCC3)c3n(c2c1)CC(C(=O)N(C)C)Oc1ccccc1-3. The fraction of sp³-hybridized carbons (Fsp3) is 0.423. The van der Waals surface area contributed by atoms with Gasteiger partial charge in [-0.05, 0) is 55.0 Å². The van der Waals surface area contributed by atoms with Crippen molar-refractivity contribution >= 4 is 16.8 Å². The summed E-state index contributed by atoms with van der Waals surface area (Å²) < 4.78 is 8.70. The van der Waals surface area contributed by atoms with Gasteiger partial charge in [-0.25, -0.2) is 0 Å². The number of benzene rings is 2. The number of carbonyl (C=O) groups is 1. The number of aromatic nitrogens is 1. The minimum atomic E-state index is -0.530. The average Bonchev–Trinajstić information content (AvgIpc) is 2.96. The van der Waals surface area contributed by atoms with E-state index in [1.807, 2.05) is 12.1 Å². The van der Waals surface area contributed by atoms with Gasteiger partial charge in [0.25, 0.3) is 5.91 Å². The topological polar surface area (TPSA) is 34.5 Å². The minimum Gasteiger partial charge on any atom is -0.478 e. The number of carbonyl (C=O) groups excluding carboxylic acids is 1. The molecule has 0 radical (unpaired) electrons. The molecule has 2 aliphatic rings. The van der Waals surface area contributed by atoms with E-state index >= 15 is 0 Å². The number of rotatable bonds is 2. The molecule has 0 saturated heterocycles. The van der Waals surface area contributed by atoms with Crippen molar-refractivity contribution in [2.24, 2.45) is 0 Å². The minimum absolute atomic E-state index is 0.00590. The quantitative estimate of drug-likeness (QED) is 0.566. The van der Waals surface area contributed by atoms with E-state index in [4.69, 9.17) is 4.74 Å². The van der Waals surface area contributed by atoms with Crippen LogP contribution in [0.15, 0.2) is 42.5 Å². The average molecular weight is 403 g/mol. The largest absolute Gasteiger partial charge is 0.478 e. The van der Waals surface area contributed by atoms with E-state index in [0.29, 0.717) is 12.5 Å². The molecule has 2 aromatic carbocycles. The number of para-hydroxylation sites is 1. The normalized spacial score (nSPS) is 19.0. The summed E-state index contributed by atoms with van der Waals surface area (Å²) in [4.78, 5) is 14.6. The predicted octanol–water partition coefficient (Wildman–Crippen LogP) is 5.51. The zero-order valence-corrected chi connectivity index (χ0v) is 18.1. The van der Waals surface area contributed by atoms with E-state index in [9.17, 15) is 4.79 Å². The molecule has 30 heavy (non-hydrogen) atoms. The van der Waals surface area contributed by atoms with Crippen molar-refractivity contribution in [2.75, 3.05) is 14.1 Å². The van der Waals surface area contributed by atoms with Gasteiger partial charge in [0.15, 0.2) is 6.10 Å². The Morgan fingerprint density at radius 2 is 1.83 bits per heavy atom. The highest BCUT2D eigenvalue weighted by Gasteiger charge is 2.34. The van der Waals surface area contributed by atoms with Gasteiger partial charge in [0.1, 0.15) is 5.75 Å². The van der Waals surface area contributed by atoms with E-state index in [1.54, 1.807) is 19.0 Å². The number of likely N-dealkylation sites (N-methyl/N-ethyl adjacent to an activating group) is 1. The molecule has 156 valence electrons. The second-order valence-electron chi connectivity index (χ2n) is 9.06. The third-order valence-corrected chi connectivity index (χ3v) is 6.75. The first-order valence-electron chi connectivity index (χ1n) is 11.1. The summed E-state index contributed by atoms with van der Waals surface area (Å²) in [6.07, 6.45) is 5.87. The first-order valence-corrected chi connectivity index (χ1v) is 11.1. The molecule has 0 N–H and O–H groups in total. The van der Waals surface area contributed by atoms with Crippen molar-refractivity contribution in [3.8, 4) is 17.0 Å². The zero-order valence-electron chi connectivity index (χ0n) is 18.1. The molecule has 2 heterocycles. The summed E-state index contributed by atoms with van der Waals surface area (Å²) in [6.45, 7) is 2.68. The van der Waals surface area contributed by atoms with Crippen LogP contribution in [0.4, 0.5) is 0 Å². The smallest absolute Gasteiger partial charge is 0.265 e. The summed E-state index contributed by atoms with van der Waals surface area (Å²) in [5.74, 6) is 1.38. The lowest BCUT2D eigenvalue weighted by Gasteiger charge is -2.23. The van der Waals surface area contributed by atoms with E-state index in [-0.39, 0.29) is 5.91 Å². The lowest BCUT2D eigenvalue weighted by molar-refractivity contribution is -0.136. The molecule has 1 aliphatic heterocycles. The van der Waals surface area contributed by atoms with Crippen molar-refractivity contribution in [1.29, 1.82) is 0 Å². The molecule has 5 rings (SSSR count). The molecule has 1 saturated carbocycles. The number of fused-ring (bicyclic) bond motifs is 5. The van der Waals surface area contributed by atoms with Gasteiger partial charge in [-0.2, -0.15) is 0 Å². The van der Waals surface area contributed by atoms with E-state index < -0.39 is 6.10 Å². The van der Waals surface area contributed by atoms with Crippen LogP contribution in [-0.2, 0) is 11.3 Å². The molecule has 0 bridgehead atoms. The maximum Gasteiger partial charge on any atom is 0.265 e. The Hall–Kier alpha value is -2.75. The third kappa shape index (κ3) is 3.10. The first kappa shape index (κ1) is 19.2. The van der Waals surface area contributed by atoms with Gasteiger partial charge < -0.3 is 14.2 Å². The molecule has 1 aromatic heterocycles. The number of hydrogen-bond donors (Lipinski definition) is 0. The summed E-state index contributed by atoms with van der Waals surface area (Å²) >= 11 is 0. The van der Waals surface area contributed by atoms with Gasteiger partial charge in [0, 0.05) is 30.6 Å². The highest BCUT2D eigenvalue weighted by Crippen LogP contribution is 2.47. The summed E-state index contributed by atoms with van der Waals surface area (Å²) in [5, 5.41) is 1.34. The van der Waals surface area contributed by atoms with Crippen LogP contribution in [0.1, 0.15) is 49.1 Å². The molecular weight excluding hydrogens is 372 g/mol. The van der Waals surface area contributed by atoms with Crippen molar-refractivity contribution in [2.45, 2.75) is 57.6 Å². The van der Waals surface area contributed by atoms with Crippen LogP contribution in [0, 0.1) is 6.92 Å². The monoisotopic (exact) mass is 402 g/mol. The van der Waals surface area contributed by atoms with E-state index in [0.717, 1.165) is 11.3 Å². The molecule has 0 spiro atoms. The molecule has 1 atom stereocenters. The molecule has 1 fully saturated rings. The first-order chi connectivity index (χ1) is 14.5. The summed E-state index contributed by atoms with van der Waals surface area (Å²) in [5.41, 5.74) is 6.29. The van der Waals surface area contributed by atoms with Crippen molar-refractivity contribution in [1.82, 2.24) is 9.47 Å². The third-order valence-electron chi connectivity index (χ3n) is 6.75. The fourth-order valence-electron chi connectivity index (χ4n) is 5.31. The number of hydrogen-bond acceptors (Lipinski definition) is 2. The van der Waals surface area contributed by atoms with Gasteiger partial charge in [-0.3, -0.25) is 4.79 Å². The summed E-state index contributed by atoms with van der Waals surface area (Å²) in [6, 6.07) is 15.0. The predicted molar refractivity (Wildman–Crippen MR) is 121 cm³/mol. The van der Waals surface area contributed by atoms with Crippen LogP contribution < -0.4 is 4.74 Å². The van der Waals surface area contributed by atoms with Gasteiger partial charge >= 0.3 is 0 Å². The number of nitrogens with zero attached hydrogens (tertiary/aromatic N) is 2. The van der Waals surface area contributed by atoms with Gasteiger partial charge in [-0.15, -0.1) is 0 Å². The van der Waals surface area contributed by atoms with Crippen LogP contribution in [0.3, 0.4) is 0 Å². The maximum absolute atomic E-state index is 13.0.